The third kappa shape index (κ3) is 4.57. The van der Waals surface area contributed by atoms with Gasteiger partial charge in [0, 0.05) is 24.3 Å². The molecule has 130 valence electrons. The molecule has 2 rings (SSSR count). The molecule has 0 radical (unpaired) electrons. The van der Waals surface area contributed by atoms with Gasteiger partial charge < -0.3 is 15.0 Å². The van der Waals surface area contributed by atoms with Gasteiger partial charge >= 0.3 is 5.97 Å². The summed E-state index contributed by atoms with van der Waals surface area (Å²) in [7, 11) is 0. The number of rotatable bonds is 7. The Kier molecular flexibility index (Phi) is 6.35. The summed E-state index contributed by atoms with van der Waals surface area (Å²) in [5.74, 6) is -0.752. The van der Waals surface area contributed by atoms with Gasteiger partial charge in [-0.3, -0.25) is 14.4 Å². The lowest BCUT2D eigenvalue weighted by Crippen LogP contribution is -2.30. The minimum Gasteiger partial charge on any atom is -0.455 e. The van der Waals surface area contributed by atoms with Crippen LogP contribution in [0.3, 0.4) is 0 Å². The largest absolute Gasteiger partial charge is 0.455 e. The highest BCUT2D eigenvalue weighted by Crippen LogP contribution is 2.27. The second-order valence-electron chi connectivity index (χ2n) is 5.84. The van der Waals surface area contributed by atoms with Gasteiger partial charge in [-0.25, -0.2) is 0 Å². The number of hydrogen-bond acceptors (Lipinski definition) is 4. The van der Waals surface area contributed by atoms with Crippen LogP contribution in [-0.4, -0.2) is 42.4 Å². The second kappa shape index (κ2) is 8.47. The number of hydrogen-bond donors (Lipinski definition) is 1. The first-order chi connectivity index (χ1) is 11.5. The molecule has 24 heavy (non-hydrogen) atoms. The molecule has 1 aliphatic rings. The number of esters is 1. The summed E-state index contributed by atoms with van der Waals surface area (Å²) in [6.07, 6.45) is 2.75. The van der Waals surface area contributed by atoms with Crippen molar-refractivity contribution in [1.29, 1.82) is 0 Å². The minimum atomic E-state index is -0.384. The fourth-order valence-electron chi connectivity index (χ4n) is 2.49. The zero-order chi connectivity index (χ0) is 17.5. The van der Waals surface area contributed by atoms with E-state index in [-0.39, 0.29) is 30.3 Å². The van der Waals surface area contributed by atoms with Crippen LogP contribution in [-0.2, 0) is 14.3 Å². The van der Waals surface area contributed by atoms with Crippen LogP contribution in [0.1, 0.15) is 43.5 Å². The molecule has 1 aromatic carbocycles. The third-order valence-electron chi connectivity index (χ3n) is 4.25. The average molecular weight is 332 g/mol. The Hall–Kier alpha value is -2.37. The minimum absolute atomic E-state index is 0.0349. The number of carbonyl (C=O) groups excluding carboxylic acids is 3. The molecular weight excluding hydrogens is 308 g/mol. The first-order valence-corrected chi connectivity index (χ1v) is 8.41. The van der Waals surface area contributed by atoms with E-state index in [2.05, 4.69) is 5.32 Å². The van der Waals surface area contributed by atoms with Crippen molar-refractivity contribution in [3.05, 3.63) is 29.8 Å². The predicted octanol–water partition coefficient (Wildman–Crippen LogP) is 2.45. The molecule has 0 aliphatic heterocycles. The van der Waals surface area contributed by atoms with Gasteiger partial charge in [0.15, 0.2) is 6.61 Å². The summed E-state index contributed by atoms with van der Waals surface area (Å²) >= 11 is 0. The Morgan fingerprint density at radius 1 is 1.12 bits per heavy atom. The van der Waals surface area contributed by atoms with Crippen LogP contribution in [0.2, 0.25) is 0 Å². The zero-order valence-corrected chi connectivity index (χ0v) is 14.2. The molecule has 0 spiro atoms. The lowest BCUT2D eigenvalue weighted by atomic mass is 9.86. The summed E-state index contributed by atoms with van der Waals surface area (Å²) < 4.78 is 4.99. The monoisotopic (exact) mass is 332 g/mol. The maximum absolute atomic E-state index is 12.2. The molecule has 1 N–H and O–H groups in total. The van der Waals surface area contributed by atoms with Crippen molar-refractivity contribution < 1.29 is 19.1 Å². The van der Waals surface area contributed by atoms with E-state index in [1.165, 1.54) is 0 Å². The average Bonchev–Trinajstić information content (AvgIpc) is 2.53. The number of amides is 2. The van der Waals surface area contributed by atoms with Crippen molar-refractivity contribution in [3.63, 3.8) is 0 Å². The van der Waals surface area contributed by atoms with Gasteiger partial charge in [-0.2, -0.15) is 0 Å². The van der Waals surface area contributed by atoms with E-state index in [1.54, 1.807) is 29.2 Å². The highest BCUT2D eigenvalue weighted by atomic mass is 16.5. The van der Waals surface area contributed by atoms with E-state index in [9.17, 15) is 14.4 Å². The summed E-state index contributed by atoms with van der Waals surface area (Å²) in [6.45, 7) is 4.89. The quantitative estimate of drug-likeness (QED) is 0.778. The lowest BCUT2D eigenvalue weighted by Gasteiger charge is -2.22. The van der Waals surface area contributed by atoms with Gasteiger partial charge in [0.1, 0.15) is 0 Å². The molecule has 0 unspecified atom stereocenters. The Morgan fingerprint density at radius 2 is 1.75 bits per heavy atom. The molecule has 0 atom stereocenters. The Labute approximate surface area is 142 Å². The zero-order valence-electron chi connectivity index (χ0n) is 14.2. The Morgan fingerprint density at radius 3 is 2.25 bits per heavy atom. The van der Waals surface area contributed by atoms with Crippen molar-refractivity contribution in [2.24, 2.45) is 5.92 Å². The Balaban J connectivity index is 1.83. The normalized spacial score (nSPS) is 13.8. The number of ether oxygens (including phenoxy) is 1. The van der Waals surface area contributed by atoms with Crippen molar-refractivity contribution in [2.45, 2.75) is 33.1 Å². The van der Waals surface area contributed by atoms with Gasteiger partial charge in [0.25, 0.3) is 11.8 Å². The number of anilines is 1. The molecule has 1 saturated carbocycles. The second-order valence-corrected chi connectivity index (χ2v) is 5.84. The van der Waals surface area contributed by atoms with Crippen LogP contribution in [0.5, 0.6) is 0 Å². The first kappa shape index (κ1) is 18.0. The van der Waals surface area contributed by atoms with E-state index in [4.69, 9.17) is 4.74 Å². The molecule has 6 nitrogen and oxygen atoms in total. The van der Waals surface area contributed by atoms with E-state index in [0.717, 1.165) is 19.3 Å². The molecule has 0 bridgehead atoms. The highest BCUT2D eigenvalue weighted by Gasteiger charge is 2.27. The Bertz CT molecular complexity index is 590. The van der Waals surface area contributed by atoms with E-state index in [1.807, 2.05) is 13.8 Å². The number of nitrogens with one attached hydrogen (secondary N) is 1. The number of benzene rings is 1. The van der Waals surface area contributed by atoms with E-state index >= 15 is 0 Å². The molecule has 0 aromatic heterocycles. The van der Waals surface area contributed by atoms with Crippen molar-refractivity contribution in [2.75, 3.05) is 25.0 Å². The van der Waals surface area contributed by atoms with Crippen molar-refractivity contribution >= 4 is 23.5 Å². The van der Waals surface area contributed by atoms with Gasteiger partial charge in [0.05, 0.1) is 5.92 Å². The molecule has 0 saturated heterocycles. The van der Waals surface area contributed by atoms with Gasteiger partial charge in [0.2, 0.25) is 0 Å². The highest BCUT2D eigenvalue weighted by molar-refractivity contribution is 5.96. The van der Waals surface area contributed by atoms with Gasteiger partial charge in [-0.15, -0.1) is 0 Å². The fourth-order valence-corrected chi connectivity index (χ4v) is 2.49. The van der Waals surface area contributed by atoms with Crippen LogP contribution in [0.15, 0.2) is 24.3 Å². The molecule has 1 aliphatic carbocycles. The number of carbonyl (C=O) groups is 3. The smallest absolute Gasteiger partial charge is 0.309 e. The number of nitrogens with zero attached hydrogens (tertiary/aromatic N) is 1. The topological polar surface area (TPSA) is 75.7 Å². The fraction of sp³-hybridized carbons (Fsp3) is 0.500. The maximum atomic E-state index is 12.2. The molecule has 6 heteroatoms. The molecular formula is C18H24N2O4. The summed E-state index contributed by atoms with van der Waals surface area (Å²) in [4.78, 5) is 37.3. The van der Waals surface area contributed by atoms with Crippen molar-refractivity contribution in [3.8, 4) is 0 Å². The van der Waals surface area contributed by atoms with Crippen LogP contribution in [0.4, 0.5) is 5.69 Å². The molecule has 0 heterocycles. The van der Waals surface area contributed by atoms with E-state index in [0.29, 0.717) is 24.3 Å². The van der Waals surface area contributed by atoms with E-state index < -0.39 is 0 Å². The summed E-state index contributed by atoms with van der Waals surface area (Å²) in [6, 6.07) is 6.69. The SMILES string of the molecule is CCN(CC)C(=O)c1ccc(NC(=O)COC(=O)C2CCC2)cc1. The summed E-state index contributed by atoms with van der Waals surface area (Å²) in [5, 5.41) is 2.65. The molecule has 2 amide bonds. The van der Waals surface area contributed by atoms with Crippen LogP contribution in [0.25, 0.3) is 0 Å². The first-order valence-electron chi connectivity index (χ1n) is 8.41. The summed E-state index contributed by atoms with van der Waals surface area (Å²) in [5.41, 5.74) is 1.14. The predicted molar refractivity (Wildman–Crippen MR) is 90.6 cm³/mol. The van der Waals surface area contributed by atoms with Gasteiger partial charge in [-0.1, -0.05) is 6.42 Å². The van der Waals surface area contributed by atoms with Crippen LogP contribution < -0.4 is 5.32 Å². The van der Waals surface area contributed by atoms with Crippen LogP contribution in [0, 0.1) is 5.92 Å². The standard InChI is InChI=1S/C18H24N2O4/c1-3-20(4-2)17(22)13-8-10-15(11-9-13)19-16(21)12-24-18(23)14-6-5-7-14/h8-11,14H,3-7,12H2,1-2H3,(H,19,21). The van der Waals surface area contributed by atoms with Crippen molar-refractivity contribution in [1.82, 2.24) is 4.90 Å². The maximum Gasteiger partial charge on any atom is 0.309 e. The van der Waals surface area contributed by atoms with Gasteiger partial charge in [-0.05, 0) is 51.0 Å². The lowest BCUT2D eigenvalue weighted by molar-refractivity contribution is -0.154. The third-order valence-corrected chi connectivity index (χ3v) is 4.25. The molecule has 1 aromatic rings. The molecule has 1 fully saturated rings. The van der Waals surface area contributed by atoms with Crippen LogP contribution >= 0.6 is 0 Å².